The minimum absolute atomic E-state index is 0.0546. The highest BCUT2D eigenvalue weighted by atomic mass is 16.5. The zero-order valence-corrected chi connectivity index (χ0v) is 8.61. The van der Waals surface area contributed by atoms with E-state index in [2.05, 4.69) is 0 Å². The Labute approximate surface area is 84.4 Å². The molecule has 2 fully saturated rings. The van der Waals surface area contributed by atoms with Crippen LogP contribution in [0.2, 0.25) is 0 Å². The molecule has 1 aliphatic carbocycles. The molecule has 80 valence electrons. The monoisotopic (exact) mass is 198 g/mol. The number of ether oxygens (including phenoxy) is 1. The van der Waals surface area contributed by atoms with E-state index in [1.54, 1.807) is 6.92 Å². The maximum absolute atomic E-state index is 11.6. The summed E-state index contributed by atoms with van der Waals surface area (Å²) < 4.78 is 5.63. The van der Waals surface area contributed by atoms with Crippen LogP contribution in [-0.4, -0.2) is 42.6 Å². The van der Waals surface area contributed by atoms with Crippen molar-refractivity contribution >= 4 is 5.91 Å². The first-order valence-corrected chi connectivity index (χ1v) is 5.34. The van der Waals surface area contributed by atoms with Crippen molar-refractivity contribution in [3.63, 3.8) is 0 Å². The summed E-state index contributed by atoms with van der Waals surface area (Å²) in [5.41, 5.74) is 5.57. The second kappa shape index (κ2) is 3.87. The highest BCUT2D eigenvalue weighted by molar-refractivity contribution is 5.81. The molecule has 1 amide bonds. The van der Waals surface area contributed by atoms with Crippen LogP contribution in [0.3, 0.4) is 0 Å². The minimum atomic E-state index is -0.382. The van der Waals surface area contributed by atoms with E-state index >= 15 is 0 Å². The quantitative estimate of drug-likeness (QED) is 0.678. The van der Waals surface area contributed by atoms with E-state index in [0.717, 1.165) is 6.54 Å². The average molecular weight is 198 g/mol. The molecule has 2 N–H and O–H groups in total. The molecule has 14 heavy (non-hydrogen) atoms. The van der Waals surface area contributed by atoms with Gasteiger partial charge in [-0.3, -0.25) is 4.79 Å². The molecule has 0 aromatic heterocycles. The highest BCUT2D eigenvalue weighted by Gasteiger charge is 2.36. The van der Waals surface area contributed by atoms with Crippen LogP contribution >= 0.6 is 0 Å². The first kappa shape index (κ1) is 9.93. The van der Waals surface area contributed by atoms with Crippen molar-refractivity contribution in [2.45, 2.75) is 31.9 Å². The Morgan fingerprint density at radius 3 is 2.86 bits per heavy atom. The van der Waals surface area contributed by atoms with Gasteiger partial charge < -0.3 is 15.4 Å². The molecule has 0 aromatic rings. The Morgan fingerprint density at radius 1 is 1.57 bits per heavy atom. The van der Waals surface area contributed by atoms with E-state index in [9.17, 15) is 4.79 Å². The Morgan fingerprint density at radius 2 is 2.29 bits per heavy atom. The largest absolute Gasteiger partial charge is 0.374 e. The molecule has 2 aliphatic rings. The predicted octanol–water partition coefficient (Wildman–Crippen LogP) is -0.0290. The van der Waals surface area contributed by atoms with Crippen molar-refractivity contribution in [1.29, 1.82) is 0 Å². The van der Waals surface area contributed by atoms with Crippen LogP contribution in [0.4, 0.5) is 0 Å². The number of hydrogen-bond acceptors (Lipinski definition) is 3. The van der Waals surface area contributed by atoms with E-state index < -0.39 is 0 Å². The number of amides is 1. The zero-order valence-electron chi connectivity index (χ0n) is 8.61. The van der Waals surface area contributed by atoms with Crippen LogP contribution in [0.1, 0.15) is 19.8 Å². The number of nitrogens with zero attached hydrogens (tertiary/aromatic N) is 1. The molecule has 0 bridgehead atoms. The lowest BCUT2D eigenvalue weighted by Crippen LogP contribution is -2.51. The smallest absolute Gasteiger partial charge is 0.239 e. The molecule has 1 saturated heterocycles. The molecule has 4 nitrogen and oxygen atoms in total. The predicted molar refractivity (Wildman–Crippen MR) is 52.7 cm³/mol. The van der Waals surface area contributed by atoms with Crippen molar-refractivity contribution in [2.24, 2.45) is 11.7 Å². The summed E-state index contributed by atoms with van der Waals surface area (Å²) in [5, 5.41) is 0. The van der Waals surface area contributed by atoms with E-state index in [4.69, 9.17) is 10.5 Å². The fraction of sp³-hybridized carbons (Fsp3) is 0.900. The van der Waals surface area contributed by atoms with Gasteiger partial charge in [-0.15, -0.1) is 0 Å². The van der Waals surface area contributed by atoms with Crippen LogP contribution in [-0.2, 0) is 9.53 Å². The summed E-state index contributed by atoms with van der Waals surface area (Å²) in [4.78, 5) is 13.5. The molecule has 1 aliphatic heterocycles. The van der Waals surface area contributed by atoms with Crippen molar-refractivity contribution in [1.82, 2.24) is 4.90 Å². The average Bonchev–Trinajstić information content (AvgIpc) is 3.00. The molecule has 1 saturated carbocycles. The third-order valence-corrected chi connectivity index (χ3v) is 2.94. The van der Waals surface area contributed by atoms with Gasteiger partial charge in [0.1, 0.15) is 0 Å². The Balaban J connectivity index is 1.89. The van der Waals surface area contributed by atoms with E-state index in [1.807, 2.05) is 4.90 Å². The summed E-state index contributed by atoms with van der Waals surface area (Å²) in [6, 6.07) is -0.382. The third-order valence-electron chi connectivity index (χ3n) is 2.94. The molecule has 2 atom stereocenters. The molecular formula is C10H18N2O2. The van der Waals surface area contributed by atoms with Gasteiger partial charge in [-0.05, 0) is 25.7 Å². The van der Waals surface area contributed by atoms with Gasteiger partial charge in [0.2, 0.25) is 5.91 Å². The fourth-order valence-corrected chi connectivity index (χ4v) is 1.92. The molecule has 0 radical (unpaired) electrons. The minimum Gasteiger partial charge on any atom is -0.374 e. The van der Waals surface area contributed by atoms with E-state index in [1.165, 1.54) is 12.8 Å². The number of carbonyl (C=O) groups is 1. The molecule has 2 unspecified atom stereocenters. The van der Waals surface area contributed by atoms with Crippen molar-refractivity contribution in [3.05, 3.63) is 0 Å². The maximum Gasteiger partial charge on any atom is 0.239 e. The van der Waals surface area contributed by atoms with Crippen molar-refractivity contribution < 1.29 is 9.53 Å². The molecule has 0 aromatic carbocycles. The Bertz CT molecular complexity index is 226. The molecule has 0 spiro atoms. The second-order valence-corrected chi connectivity index (χ2v) is 4.32. The Hall–Kier alpha value is -0.610. The number of hydrogen-bond donors (Lipinski definition) is 1. The van der Waals surface area contributed by atoms with Crippen LogP contribution in [0.15, 0.2) is 0 Å². The normalized spacial score (nSPS) is 30.1. The SMILES string of the molecule is CC(N)C(=O)N1CCOC(C2CC2)C1. The third kappa shape index (κ3) is 2.07. The highest BCUT2D eigenvalue weighted by Crippen LogP contribution is 2.35. The number of morpholine rings is 1. The van der Waals surface area contributed by atoms with Gasteiger partial charge in [0, 0.05) is 13.1 Å². The summed E-state index contributed by atoms with van der Waals surface area (Å²) in [6.45, 7) is 3.85. The molecule has 2 rings (SSSR count). The first-order chi connectivity index (χ1) is 6.68. The van der Waals surface area contributed by atoms with Crippen LogP contribution in [0.25, 0.3) is 0 Å². The van der Waals surface area contributed by atoms with Gasteiger partial charge in [-0.1, -0.05) is 0 Å². The van der Waals surface area contributed by atoms with Gasteiger partial charge in [0.25, 0.3) is 0 Å². The van der Waals surface area contributed by atoms with Crippen LogP contribution in [0, 0.1) is 5.92 Å². The number of nitrogens with two attached hydrogens (primary N) is 1. The van der Waals surface area contributed by atoms with Gasteiger partial charge in [0.05, 0.1) is 18.8 Å². The summed E-state index contributed by atoms with van der Waals surface area (Å²) in [5.74, 6) is 0.748. The van der Waals surface area contributed by atoms with Gasteiger partial charge in [-0.2, -0.15) is 0 Å². The van der Waals surface area contributed by atoms with Crippen LogP contribution < -0.4 is 5.73 Å². The van der Waals surface area contributed by atoms with Gasteiger partial charge >= 0.3 is 0 Å². The maximum atomic E-state index is 11.6. The van der Waals surface area contributed by atoms with E-state index in [0.29, 0.717) is 19.1 Å². The summed E-state index contributed by atoms with van der Waals surface area (Å²) >= 11 is 0. The van der Waals surface area contributed by atoms with Crippen LogP contribution in [0.5, 0.6) is 0 Å². The first-order valence-electron chi connectivity index (χ1n) is 5.34. The number of carbonyl (C=O) groups excluding carboxylic acids is 1. The lowest BCUT2D eigenvalue weighted by molar-refractivity contribution is -0.140. The summed E-state index contributed by atoms with van der Waals surface area (Å²) in [7, 11) is 0. The standard InChI is InChI=1S/C10H18N2O2/c1-7(11)10(13)12-4-5-14-9(6-12)8-2-3-8/h7-9H,2-6,11H2,1H3. The van der Waals surface area contributed by atoms with Crippen molar-refractivity contribution in [3.8, 4) is 0 Å². The van der Waals surface area contributed by atoms with Gasteiger partial charge in [-0.25, -0.2) is 0 Å². The zero-order chi connectivity index (χ0) is 10.1. The Kier molecular flexibility index (Phi) is 2.74. The fourth-order valence-electron chi connectivity index (χ4n) is 1.92. The lowest BCUT2D eigenvalue weighted by atomic mass is 10.1. The molecule has 4 heteroatoms. The van der Waals surface area contributed by atoms with Crippen molar-refractivity contribution in [2.75, 3.05) is 19.7 Å². The van der Waals surface area contributed by atoms with E-state index in [-0.39, 0.29) is 18.1 Å². The molecule has 1 heterocycles. The second-order valence-electron chi connectivity index (χ2n) is 4.32. The summed E-state index contributed by atoms with van der Waals surface area (Å²) in [6.07, 6.45) is 2.78. The molecular weight excluding hydrogens is 180 g/mol. The lowest BCUT2D eigenvalue weighted by Gasteiger charge is -2.34. The topological polar surface area (TPSA) is 55.6 Å². The van der Waals surface area contributed by atoms with Gasteiger partial charge in [0.15, 0.2) is 0 Å². The number of rotatable bonds is 2.